The second kappa shape index (κ2) is 3.97. The molecule has 1 aromatic rings. The van der Waals surface area contributed by atoms with E-state index in [1.807, 2.05) is 0 Å². The van der Waals surface area contributed by atoms with Gasteiger partial charge in [-0.25, -0.2) is 0 Å². The molecule has 4 heteroatoms. The lowest BCUT2D eigenvalue weighted by molar-refractivity contribution is -0.119. The molecule has 0 unspecified atom stereocenters. The fourth-order valence-corrected chi connectivity index (χ4v) is 0.828. The molecule has 0 saturated heterocycles. The van der Waals surface area contributed by atoms with Gasteiger partial charge in [-0.2, -0.15) is 0 Å². The van der Waals surface area contributed by atoms with Gasteiger partial charge in [0.05, 0.1) is 5.02 Å². The number of carbonyl (C=O) groups is 1. The molecule has 1 radical (unpaired) electrons. The zero-order valence-electron chi connectivity index (χ0n) is 6.21. The number of hydrogen-bond donors (Lipinski definition) is 1. The molecule has 0 bridgehead atoms. The highest BCUT2D eigenvalue weighted by Crippen LogP contribution is 2.22. The number of nitrogens with two attached hydrogens (primary N) is 1. The average Bonchev–Trinajstić information content (AvgIpc) is 2.03. The molecule has 12 heavy (non-hydrogen) atoms. The Morgan fingerprint density at radius 2 is 2.50 bits per heavy atom. The molecule has 1 aromatic carbocycles. The minimum Gasteiger partial charge on any atom is -0.482 e. The maximum atomic E-state index is 10.3. The topological polar surface area (TPSA) is 52.3 Å². The molecule has 1 rings (SSSR count). The normalized spacial score (nSPS) is 9.42. The Morgan fingerprint density at radius 1 is 1.75 bits per heavy atom. The molecule has 0 spiro atoms. The number of benzene rings is 1. The fourth-order valence-electron chi connectivity index (χ4n) is 0.656. The van der Waals surface area contributed by atoms with Crippen LogP contribution in [-0.4, -0.2) is 12.5 Å². The number of ether oxygens (including phenoxy) is 1. The molecule has 0 aromatic heterocycles. The van der Waals surface area contributed by atoms with Crippen LogP contribution in [0.4, 0.5) is 0 Å². The van der Waals surface area contributed by atoms with Crippen molar-refractivity contribution in [3.8, 4) is 5.75 Å². The Kier molecular flexibility index (Phi) is 2.94. The van der Waals surface area contributed by atoms with Gasteiger partial charge in [0.25, 0.3) is 5.91 Å². The number of rotatable bonds is 3. The Hall–Kier alpha value is -1.22. The highest BCUT2D eigenvalue weighted by Gasteiger charge is 2.00. The molecule has 63 valence electrons. The van der Waals surface area contributed by atoms with Crippen LogP contribution in [-0.2, 0) is 4.79 Å². The fraction of sp³-hybridized carbons (Fsp3) is 0.125. The summed E-state index contributed by atoms with van der Waals surface area (Å²) in [6, 6.07) is 7.59. The first-order valence-electron chi connectivity index (χ1n) is 3.27. The maximum absolute atomic E-state index is 10.3. The smallest absolute Gasteiger partial charge is 0.255 e. The lowest BCUT2D eigenvalue weighted by atomic mass is 10.3. The summed E-state index contributed by atoms with van der Waals surface area (Å²) in [7, 11) is 0. The Labute approximate surface area is 75.1 Å². The van der Waals surface area contributed by atoms with E-state index < -0.39 is 5.91 Å². The Bertz CT molecular complexity index is 288. The van der Waals surface area contributed by atoms with Gasteiger partial charge in [0.2, 0.25) is 0 Å². The maximum Gasteiger partial charge on any atom is 0.255 e. The lowest BCUT2D eigenvalue weighted by Gasteiger charge is -2.03. The third kappa shape index (κ3) is 2.43. The zero-order chi connectivity index (χ0) is 8.97. The van der Waals surface area contributed by atoms with Crippen LogP contribution in [0.1, 0.15) is 0 Å². The SMILES string of the molecule is NC(=O)COc1c[c]ccc1Cl. The van der Waals surface area contributed by atoms with E-state index in [1.54, 1.807) is 18.2 Å². The van der Waals surface area contributed by atoms with Crippen molar-refractivity contribution in [2.45, 2.75) is 0 Å². The third-order valence-electron chi connectivity index (χ3n) is 1.15. The van der Waals surface area contributed by atoms with Gasteiger partial charge in [-0.1, -0.05) is 17.7 Å². The van der Waals surface area contributed by atoms with Gasteiger partial charge in [-0.15, -0.1) is 0 Å². The van der Waals surface area contributed by atoms with Gasteiger partial charge in [0, 0.05) is 0 Å². The van der Waals surface area contributed by atoms with E-state index in [9.17, 15) is 4.79 Å². The quantitative estimate of drug-likeness (QED) is 0.762. The van der Waals surface area contributed by atoms with Crippen molar-refractivity contribution in [1.29, 1.82) is 0 Å². The Morgan fingerprint density at radius 3 is 3.08 bits per heavy atom. The lowest BCUT2D eigenvalue weighted by Crippen LogP contribution is -2.20. The van der Waals surface area contributed by atoms with Crippen molar-refractivity contribution in [3.63, 3.8) is 0 Å². The largest absolute Gasteiger partial charge is 0.482 e. The van der Waals surface area contributed by atoms with E-state index in [4.69, 9.17) is 22.1 Å². The minimum absolute atomic E-state index is 0.169. The number of hydrogen-bond acceptors (Lipinski definition) is 2. The van der Waals surface area contributed by atoms with Crippen molar-refractivity contribution in [2.24, 2.45) is 5.73 Å². The minimum atomic E-state index is -0.532. The van der Waals surface area contributed by atoms with Crippen molar-refractivity contribution in [1.82, 2.24) is 0 Å². The first kappa shape index (κ1) is 8.87. The molecule has 0 fully saturated rings. The van der Waals surface area contributed by atoms with Gasteiger partial charge in [0.1, 0.15) is 5.75 Å². The van der Waals surface area contributed by atoms with E-state index in [-0.39, 0.29) is 6.61 Å². The summed E-state index contributed by atoms with van der Waals surface area (Å²) in [4.78, 5) is 10.3. The molecule has 1 amide bonds. The number of amides is 1. The van der Waals surface area contributed by atoms with Gasteiger partial charge in [-0.05, 0) is 18.2 Å². The summed E-state index contributed by atoms with van der Waals surface area (Å²) >= 11 is 5.71. The summed E-state index contributed by atoms with van der Waals surface area (Å²) in [6.45, 7) is -0.169. The van der Waals surface area contributed by atoms with Gasteiger partial charge >= 0.3 is 0 Å². The first-order chi connectivity index (χ1) is 5.70. The van der Waals surface area contributed by atoms with Crippen molar-refractivity contribution < 1.29 is 9.53 Å². The molecule has 3 nitrogen and oxygen atoms in total. The predicted octanol–water partition coefficient (Wildman–Crippen LogP) is 1.00. The number of halogens is 1. The molecule has 0 aliphatic rings. The summed E-state index contributed by atoms with van der Waals surface area (Å²) in [5.74, 6) is -0.118. The van der Waals surface area contributed by atoms with Crippen LogP contribution >= 0.6 is 11.6 Å². The number of primary amides is 1. The summed E-state index contributed by atoms with van der Waals surface area (Å²) < 4.78 is 4.96. The second-order valence-corrected chi connectivity index (χ2v) is 2.52. The van der Waals surface area contributed by atoms with Crippen LogP contribution in [0.3, 0.4) is 0 Å². The van der Waals surface area contributed by atoms with Crippen LogP contribution in [0, 0.1) is 6.07 Å². The zero-order valence-corrected chi connectivity index (χ0v) is 6.97. The molecular weight excluding hydrogens is 178 g/mol. The molecular formula is C8H7ClNO2. The molecule has 0 heterocycles. The van der Waals surface area contributed by atoms with E-state index in [0.29, 0.717) is 10.8 Å². The second-order valence-electron chi connectivity index (χ2n) is 2.11. The van der Waals surface area contributed by atoms with Gasteiger partial charge < -0.3 is 10.5 Å². The van der Waals surface area contributed by atoms with E-state index >= 15 is 0 Å². The van der Waals surface area contributed by atoms with Crippen LogP contribution in [0.5, 0.6) is 5.75 Å². The highest BCUT2D eigenvalue weighted by atomic mass is 35.5. The van der Waals surface area contributed by atoms with Crippen molar-refractivity contribution in [3.05, 3.63) is 29.3 Å². The van der Waals surface area contributed by atoms with Crippen LogP contribution in [0.2, 0.25) is 5.02 Å². The van der Waals surface area contributed by atoms with Crippen molar-refractivity contribution >= 4 is 17.5 Å². The van der Waals surface area contributed by atoms with Crippen LogP contribution in [0.25, 0.3) is 0 Å². The van der Waals surface area contributed by atoms with Gasteiger partial charge in [-0.3, -0.25) is 4.79 Å². The number of carbonyl (C=O) groups excluding carboxylic acids is 1. The monoisotopic (exact) mass is 184 g/mol. The molecule has 0 saturated carbocycles. The molecule has 0 aliphatic carbocycles. The molecule has 0 atom stereocenters. The average molecular weight is 185 g/mol. The summed E-state index contributed by atoms with van der Waals surface area (Å²) in [5.41, 5.74) is 4.87. The van der Waals surface area contributed by atoms with Crippen LogP contribution in [0.15, 0.2) is 18.2 Å². The summed E-state index contributed by atoms with van der Waals surface area (Å²) in [5, 5.41) is 0.440. The predicted molar refractivity (Wildman–Crippen MR) is 45.0 cm³/mol. The molecule has 2 N–H and O–H groups in total. The standard InChI is InChI=1S/C8H7ClNO2/c9-6-3-1-2-4-7(6)12-5-8(10)11/h1,3-4H,5H2,(H2,10,11). The van der Waals surface area contributed by atoms with Crippen LogP contribution < -0.4 is 10.5 Å². The molecule has 0 aliphatic heterocycles. The first-order valence-corrected chi connectivity index (χ1v) is 3.64. The van der Waals surface area contributed by atoms with E-state index in [2.05, 4.69) is 6.07 Å². The third-order valence-corrected chi connectivity index (χ3v) is 1.46. The van der Waals surface area contributed by atoms with E-state index in [1.165, 1.54) is 0 Å². The van der Waals surface area contributed by atoms with Crippen molar-refractivity contribution in [2.75, 3.05) is 6.61 Å². The van der Waals surface area contributed by atoms with E-state index in [0.717, 1.165) is 0 Å². The summed E-state index contributed by atoms with van der Waals surface area (Å²) in [6.07, 6.45) is 0. The highest BCUT2D eigenvalue weighted by molar-refractivity contribution is 6.32. The Balaban J connectivity index is 2.63. The van der Waals surface area contributed by atoms with Gasteiger partial charge in [0.15, 0.2) is 6.61 Å².